The van der Waals surface area contributed by atoms with Crippen molar-refractivity contribution >= 4 is 48.9 Å². The summed E-state index contributed by atoms with van der Waals surface area (Å²) in [6.07, 6.45) is 1.23. The van der Waals surface area contributed by atoms with Crippen molar-refractivity contribution in [2.75, 3.05) is 18.4 Å². The molecule has 3 rings (SSSR count). The quantitative estimate of drug-likeness (QED) is 0.708. The van der Waals surface area contributed by atoms with Crippen LogP contribution in [0.5, 0.6) is 5.75 Å². The third-order valence-electron chi connectivity index (χ3n) is 4.06. The number of phenols is 1. The molecule has 1 atom stereocenters. The number of anilines is 1. The van der Waals surface area contributed by atoms with Gasteiger partial charge in [-0.05, 0) is 53.0 Å². The van der Waals surface area contributed by atoms with Gasteiger partial charge >= 0.3 is 0 Å². The predicted molar refractivity (Wildman–Crippen MR) is 100 cm³/mol. The number of phenolic OH excluding ortho intramolecular Hbond substituents is 1. The van der Waals surface area contributed by atoms with E-state index in [2.05, 4.69) is 21.2 Å². The number of nitrogens with one attached hydrogen (secondary N) is 1. The highest BCUT2D eigenvalue weighted by Gasteiger charge is 2.34. The summed E-state index contributed by atoms with van der Waals surface area (Å²) in [6.45, 7) is 0.537. The zero-order valence-electron chi connectivity index (χ0n) is 13.2. The molecule has 0 spiro atoms. The van der Waals surface area contributed by atoms with Gasteiger partial charge in [-0.1, -0.05) is 12.1 Å². The van der Waals surface area contributed by atoms with Crippen LogP contribution in [0.25, 0.3) is 0 Å². The summed E-state index contributed by atoms with van der Waals surface area (Å²) in [5.74, 6) is -0.750. The van der Waals surface area contributed by atoms with E-state index in [1.807, 2.05) is 0 Å². The van der Waals surface area contributed by atoms with Crippen molar-refractivity contribution in [3.8, 4) is 5.75 Å². The van der Waals surface area contributed by atoms with E-state index in [-0.39, 0.29) is 22.4 Å². The van der Waals surface area contributed by atoms with Gasteiger partial charge in [0.15, 0.2) is 0 Å². The number of piperidine rings is 1. The fourth-order valence-corrected chi connectivity index (χ4v) is 6.44. The van der Waals surface area contributed by atoms with Crippen molar-refractivity contribution in [1.29, 1.82) is 0 Å². The van der Waals surface area contributed by atoms with Gasteiger partial charge in [0.2, 0.25) is 5.91 Å². The molecule has 25 heavy (non-hydrogen) atoms. The monoisotopic (exact) mass is 444 g/mol. The first-order valence-electron chi connectivity index (χ1n) is 7.72. The molecule has 0 saturated carbocycles. The number of nitrogens with zero attached hydrogens (tertiary/aromatic N) is 1. The number of aromatic hydroxyl groups is 1. The van der Waals surface area contributed by atoms with E-state index >= 15 is 0 Å². The summed E-state index contributed by atoms with van der Waals surface area (Å²) in [5.41, 5.74) is 0.328. The zero-order chi connectivity index (χ0) is 18.0. The molecule has 1 aliphatic rings. The number of hydrogen-bond donors (Lipinski definition) is 2. The van der Waals surface area contributed by atoms with Gasteiger partial charge in [0, 0.05) is 13.1 Å². The Bertz CT molecular complexity index is 882. The van der Waals surface area contributed by atoms with Crippen LogP contribution < -0.4 is 5.32 Å². The summed E-state index contributed by atoms with van der Waals surface area (Å²) in [6, 6.07) is 9.73. The first-order valence-corrected chi connectivity index (χ1v) is 10.8. The number of benzene rings is 1. The minimum atomic E-state index is -3.60. The molecule has 1 aromatic carbocycles. The van der Waals surface area contributed by atoms with Crippen molar-refractivity contribution < 1.29 is 18.3 Å². The maximum atomic E-state index is 12.7. The van der Waals surface area contributed by atoms with E-state index in [9.17, 15) is 18.3 Å². The molecule has 1 unspecified atom stereocenters. The summed E-state index contributed by atoms with van der Waals surface area (Å²) < 4.78 is 27.8. The molecule has 1 aromatic heterocycles. The Morgan fingerprint density at radius 1 is 1.28 bits per heavy atom. The second kappa shape index (κ2) is 7.45. The molecule has 2 aromatic rings. The molecule has 6 nitrogen and oxygen atoms in total. The van der Waals surface area contributed by atoms with Gasteiger partial charge in [-0.2, -0.15) is 4.31 Å². The number of halogens is 1. The number of amides is 1. The normalized spacial score (nSPS) is 18.8. The third kappa shape index (κ3) is 4.05. The number of hydrogen-bond acceptors (Lipinski definition) is 5. The molecule has 2 heterocycles. The van der Waals surface area contributed by atoms with E-state index in [0.29, 0.717) is 25.1 Å². The fourth-order valence-electron chi connectivity index (χ4n) is 2.75. The Hall–Kier alpha value is -1.42. The second-order valence-corrected chi connectivity index (χ2v) is 10.4. The molecule has 1 fully saturated rings. The lowest BCUT2D eigenvalue weighted by molar-refractivity contribution is -0.120. The maximum Gasteiger partial charge on any atom is 0.252 e. The molecule has 0 radical (unpaired) electrons. The molecule has 1 amide bonds. The van der Waals surface area contributed by atoms with Crippen molar-refractivity contribution in [2.24, 2.45) is 5.92 Å². The molecule has 2 N–H and O–H groups in total. The number of carbonyl (C=O) groups excluding carboxylic acids is 1. The third-order valence-corrected chi connectivity index (χ3v) is 8.02. The number of carbonyl (C=O) groups is 1. The lowest BCUT2D eigenvalue weighted by Crippen LogP contribution is -2.43. The van der Waals surface area contributed by atoms with Gasteiger partial charge in [-0.15, -0.1) is 11.3 Å². The minimum absolute atomic E-state index is 0.0143. The Labute approximate surface area is 158 Å². The van der Waals surface area contributed by atoms with Crippen LogP contribution in [0.2, 0.25) is 0 Å². The van der Waals surface area contributed by atoms with Crippen molar-refractivity contribution in [3.63, 3.8) is 0 Å². The first kappa shape index (κ1) is 18.4. The molecule has 1 saturated heterocycles. The van der Waals surface area contributed by atoms with Gasteiger partial charge in [-0.25, -0.2) is 8.42 Å². The summed E-state index contributed by atoms with van der Waals surface area (Å²) in [7, 11) is -3.60. The molecule has 0 bridgehead atoms. The lowest BCUT2D eigenvalue weighted by atomic mass is 9.98. The maximum absolute atomic E-state index is 12.7. The summed E-state index contributed by atoms with van der Waals surface area (Å²) >= 11 is 4.43. The number of thiophene rings is 1. The lowest BCUT2D eigenvalue weighted by Gasteiger charge is -2.30. The summed E-state index contributed by atoms with van der Waals surface area (Å²) in [5, 5.41) is 12.4. The van der Waals surface area contributed by atoms with E-state index in [1.165, 1.54) is 10.4 Å². The highest BCUT2D eigenvalue weighted by atomic mass is 79.9. The van der Waals surface area contributed by atoms with Crippen LogP contribution in [0.15, 0.2) is 44.4 Å². The molecule has 9 heteroatoms. The van der Waals surface area contributed by atoms with Crippen LogP contribution in [-0.4, -0.2) is 36.8 Å². The van der Waals surface area contributed by atoms with E-state index in [4.69, 9.17) is 0 Å². The van der Waals surface area contributed by atoms with Gasteiger partial charge in [0.1, 0.15) is 9.96 Å². The van der Waals surface area contributed by atoms with Crippen LogP contribution in [0.4, 0.5) is 5.69 Å². The average molecular weight is 445 g/mol. The Morgan fingerprint density at radius 2 is 2.04 bits per heavy atom. The number of para-hydroxylation sites is 2. The van der Waals surface area contributed by atoms with Gasteiger partial charge < -0.3 is 10.4 Å². The van der Waals surface area contributed by atoms with Crippen LogP contribution >= 0.6 is 27.3 Å². The summed E-state index contributed by atoms with van der Waals surface area (Å²) in [4.78, 5) is 12.5. The Balaban J connectivity index is 1.73. The van der Waals surface area contributed by atoms with Crippen molar-refractivity contribution in [3.05, 3.63) is 40.2 Å². The molecular weight excluding hydrogens is 428 g/mol. The largest absolute Gasteiger partial charge is 0.506 e. The molecular formula is C16H17BrN2O4S2. The SMILES string of the molecule is O=C(Nc1ccccc1O)C1CCCN(S(=O)(=O)c2ccc(Br)s2)C1. The average Bonchev–Trinajstić information content (AvgIpc) is 3.04. The Kier molecular flexibility index (Phi) is 5.47. The van der Waals surface area contributed by atoms with E-state index in [0.717, 1.165) is 15.1 Å². The topological polar surface area (TPSA) is 86.7 Å². The smallest absolute Gasteiger partial charge is 0.252 e. The van der Waals surface area contributed by atoms with Crippen LogP contribution in [0.1, 0.15) is 12.8 Å². The number of sulfonamides is 1. The van der Waals surface area contributed by atoms with Gasteiger partial charge in [-0.3, -0.25) is 4.79 Å². The molecule has 0 aliphatic carbocycles. The first-order chi connectivity index (χ1) is 11.9. The standard InChI is InChI=1S/C16H17BrN2O4S2/c17-14-7-8-15(24-14)25(22,23)19-9-3-4-11(10-19)16(21)18-12-5-1-2-6-13(12)20/h1-2,5-8,11,20H,3-4,9-10H2,(H,18,21). The van der Waals surface area contributed by atoms with Gasteiger partial charge in [0.25, 0.3) is 10.0 Å². The van der Waals surface area contributed by atoms with Crippen LogP contribution in [0.3, 0.4) is 0 Å². The molecule has 134 valence electrons. The van der Waals surface area contributed by atoms with Crippen molar-refractivity contribution in [1.82, 2.24) is 4.31 Å². The number of rotatable bonds is 4. The van der Waals surface area contributed by atoms with Crippen LogP contribution in [-0.2, 0) is 14.8 Å². The Morgan fingerprint density at radius 3 is 2.72 bits per heavy atom. The fraction of sp³-hybridized carbons (Fsp3) is 0.312. The van der Waals surface area contributed by atoms with E-state index in [1.54, 1.807) is 30.3 Å². The van der Waals surface area contributed by atoms with Gasteiger partial charge in [0.05, 0.1) is 15.4 Å². The highest BCUT2D eigenvalue weighted by molar-refractivity contribution is 9.11. The minimum Gasteiger partial charge on any atom is -0.506 e. The van der Waals surface area contributed by atoms with E-state index < -0.39 is 15.9 Å². The van der Waals surface area contributed by atoms with Crippen LogP contribution in [0, 0.1) is 5.92 Å². The molecule has 1 aliphatic heterocycles. The zero-order valence-corrected chi connectivity index (χ0v) is 16.4. The predicted octanol–water partition coefficient (Wildman–Crippen LogP) is 3.26. The van der Waals surface area contributed by atoms with Crippen molar-refractivity contribution in [2.45, 2.75) is 17.1 Å². The highest BCUT2D eigenvalue weighted by Crippen LogP contribution is 2.31. The second-order valence-electron chi connectivity index (χ2n) is 5.77.